The Morgan fingerprint density at radius 3 is 2.54 bits per heavy atom. The van der Waals surface area contributed by atoms with E-state index in [-0.39, 0.29) is 35.5 Å². The van der Waals surface area contributed by atoms with Crippen LogP contribution in [0, 0.1) is 24.6 Å². The fourth-order valence-corrected chi connectivity index (χ4v) is 5.96. The zero-order chi connectivity index (χ0) is 24.5. The molecule has 0 spiro atoms. The molecule has 35 heavy (non-hydrogen) atoms. The van der Waals surface area contributed by atoms with E-state index in [0.29, 0.717) is 18.1 Å². The fourth-order valence-electron chi connectivity index (χ4n) is 5.96. The van der Waals surface area contributed by atoms with E-state index in [1.165, 1.54) is 11.6 Å². The minimum atomic E-state index is -0.334. The highest BCUT2D eigenvalue weighted by Gasteiger charge is 2.44. The number of anilines is 1. The van der Waals surface area contributed by atoms with Crippen LogP contribution in [0.4, 0.5) is 10.1 Å². The predicted molar refractivity (Wildman–Crippen MR) is 135 cm³/mol. The summed E-state index contributed by atoms with van der Waals surface area (Å²) < 4.78 is 14.6. The van der Waals surface area contributed by atoms with E-state index in [1.807, 2.05) is 25.1 Å². The molecule has 2 saturated carbocycles. The van der Waals surface area contributed by atoms with Gasteiger partial charge >= 0.3 is 0 Å². The minimum Gasteiger partial charge on any atom is -0.337 e. The first-order valence-electron chi connectivity index (χ1n) is 13.1. The Labute approximate surface area is 207 Å². The molecule has 2 aromatic rings. The second kappa shape index (κ2) is 10.1. The van der Waals surface area contributed by atoms with E-state index >= 15 is 0 Å². The van der Waals surface area contributed by atoms with Gasteiger partial charge in [0.1, 0.15) is 5.82 Å². The lowest BCUT2D eigenvalue weighted by Gasteiger charge is -2.41. The highest BCUT2D eigenvalue weighted by molar-refractivity contribution is 5.96. The standard InChI is InChI=1S/C29H36FN3O2/c1-19-17-32(12-13-33(19)29(35)22-10-6-7-11-22)18-23-14-24(30)15-27(20(23)2)31-28(34)26-16-25(26)21-8-4-3-5-9-21/h3-5,8-9,14-15,19,22,25-26H,6-7,10-13,16-18H2,1-2H3,(H,31,34)/t19?,25-,26+/m1/s1. The minimum absolute atomic E-state index is 0.0360. The van der Waals surface area contributed by atoms with Crippen LogP contribution in [0.1, 0.15) is 61.6 Å². The molecular formula is C29H36FN3O2. The molecule has 6 heteroatoms. The van der Waals surface area contributed by atoms with Crippen molar-refractivity contribution in [1.29, 1.82) is 0 Å². The summed E-state index contributed by atoms with van der Waals surface area (Å²) in [6, 6.07) is 13.2. The molecule has 5 nitrogen and oxygen atoms in total. The van der Waals surface area contributed by atoms with Crippen molar-refractivity contribution in [3.8, 4) is 0 Å². The third-order valence-electron chi connectivity index (χ3n) is 8.19. The molecule has 0 bridgehead atoms. The summed E-state index contributed by atoms with van der Waals surface area (Å²) in [5.41, 5.74) is 3.54. The molecule has 2 aromatic carbocycles. The molecule has 3 atom stereocenters. The number of hydrogen-bond acceptors (Lipinski definition) is 3. The van der Waals surface area contributed by atoms with Crippen LogP contribution < -0.4 is 5.32 Å². The van der Waals surface area contributed by atoms with Crippen LogP contribution in [0.2, 0.25) is 0 Å². The second-order valence-corrected chi connectivity index (χ2v) is 10.7. The first-order chi connectivity index (χ1) is 16.9. The van der Waals surface area contributed by atoms with E-state index in [2.05, 4.69) is 34.2 Å². The SMILES string of the molecule is Cc1c(CN2CCN(C(=O)C3CCCC3)C(C)C2)cc(F)cc1NC(=O)[C@H]1C[C@@H]1c1ccccc1. The summed E-state index contributed by atoms with van der Waals surface area (Å²) in [6.07, 6.45) is 5.20. The summed E-state index contributed by atoms with van der Waals surface area (Å²) >= 11 is 0. The Hall–Kier alpha value is -2.73. The van der Waals surface area contributed by atoms with Crippen molar-refractivity contribution in [3.05, 3.63) is 65.0 Å². The van der Waals surface area contributed by atoms with Gasteiger partial charge in [-0.2, -0.15) is 0 Å². The molecule has 2 aliphatic carbocycles. The summed E-state index contributed by atoms with van der Waals surface area (Å²) in [7, 11) is 0. The largest absolute Gasteiger partial charge is 0.337 e. The zero-order valence-electron chi connectivity index (χ0n) is 20.8. The average molecular weight is 478 g/mol. The van der Waals surface area contributed by atoms with Crippen LogP contribution in [0.15, 0.2) is 42.5 Å². The average Bonchev–Trinajstić information content (AvgIpc) is 3.47. The van der Waals surface area contributed by atoms with Crippen molar-refractivity contribution >= 4 is 17.5 Å². The molecule has 1 unspecified atom stereocenters. The van der Waals surface area contributed by atoms with Gasteiger partial charge in [0.05, 0.1) is 0 Å². The predicted octanol–water partition coefficient (Wildman–Crippen LogP) is 5.10. The number of rotatable bonds is 6. The van der Waals surface area contributed by atoms with Crippen molar-refractivity contribution in [2.24, 2.45) is 11.8 Å². The molecule has 186 valence electrons. The Bertz CT molecular complexity index is 1080. The van der Waals surface area contributed by atoms with Crippen LogP contribution in [-0.4, -0.2) is 47.3 Å². The van der Waals surface area contributed by atoms with Crippen molar-refractivity contribution in [3.63, 3.8) is 0 Å². The maximum Gasteiger partial charge on any atom is 0.228 e. The van der Waals surface area contributed by atoms with Gasteiger partial charge < -0.3 is 10.2 Å². The van der Waals surface area contributed by atoms with E-state index < -0.39 is 0 Å². The van der Waals surface area contributed by atoms with E-state index in [1.54, 1.807) is 6.07 Å². The lowest BCUT2D eigenvalue weighted by Crippen LogP contribution is -2.54. The van der Waals surface area contributed by atoms with Gasteiger partial charge in [-0.25, -0.2) is 4.39 Å². The van der Waals surface area contributed by atoms with Crippen LogP contribution in [0.25, 0.3) is 0 Å². The van der Waals surface area contributed by atoms with Crippen LogP contribution >= 0.6 is 0 Å². The number of nitrogens with one attached hydrogen (secondary N) is 1. The number of benzene rings is 2. The topological polar surface area (TPSA) is 52.6 Å². The van der Waals surface area contributed by atoms with E-state index in [4.69, 9.17) is 0 Å². The first kappa shape index (κ1) is 24.0. The van der Waals surface area contributed by atoms with Gasteiger partial charge in [0.2, 0.25) is 11.8 Å². The number of amides is 2. The third-order valence-corrected chi connectivity index (χ3v) is 8.19. The lowest BCUT2D eigenvalue weighted by molar-refractivity contribution is -0.140. The molecule has 1 saturated heterocycles. The molecule has 1 heterocycles. The smallest absolute Gasteiger partial charge is 0.228 e. The molecule has 1 N–H and O–H groups in total. The van der Waals surface area contributed by atoms with Crippen LogP contribution in [0.3, 0.4) is 0 Å². The van der Waals surface area contributed by atoms with Gasteiger partial charge in [-0.1, -0.05) is 43.2 Å². The van der Waals surface area contributed by atoms with Crippen molar-refractivity contribution in [2.75, 3.05) is 25.0 Å². The molecule has 3 aliphatic rings. The number of nitrogens with zero attached hydrogens (tertiary/aromatic N) is 2. The Morgan fingerprint density at radius 1 is 1.09 bits per heavy atom. The highest BCUT2D eigenvalue weighted by atomic mass is 19.1. The van der Waals surface area contributed by atoms with Gasteiger partial charge in [0, 0.05) is 49.7 Å². The Kier molecular flexibility index (Phi) is 6.92. The molecule has 0 radical (unpaired) electrons. The monoisotopic (exact) mass is 477 g/mol. The summed E-state index contributed by atoms with van der Waals surface area (Å²) in [4.78, 5) is 30.2. The van der Waals surface area contributed by atoms with Gasteiger partial charge in [0.25, 0.3) is 0 Å². The van der Waals surface area contributed by atoms with E-state index in [9.17, 15) is 14.0 Å². The molecule has 0 aromatic heterocycles. The Balaban J connectivity index is 1.21. The summed E-state index contributed by atoms with van der Waals surface area (Å²) in [5.74, 6) is 0.332. The number of piperazine rings is 1. The lowest BCUT2D eigenvalue weighted by atomic mass is 10.0. The van der Waals surface area contributed by atoms with Crippen molar-refractivity contribution in [1.82, 2.24) is 9.80 Å². The molecule has 3 fully saturated rings. The maximum absolute atomic E-state index is 14.6. The highest BCUT2D eigenvalue weighted by Crippen LogP contribution is 2.48. The van der Waals surface area contributed by atoms with Gasteiger partial charge in [-0.15, -0.1) is 0 Å². The Morgan fingerprint density at radius 2 is 1.83 bits per heavy atom. The number of hydrogen-bond donors (Lipinski definition) is 1. The van der Waals surface area contributed by atoms with Crippen molar-refractivity contribution in [2.45, 2.75) is 64.5 Å². The van der Waals surface area contributed by atoms with Gasteiger partial charge in [0.15, 0.2) is 0 Å². The third kappa shape index (κ3) is 5.27. The summed E-state index contributed by atoms with van der Waals surface area (Å²) in [5, 5.41) is 3.00. The number of halogens is 1. The quantitative estimate of drug-likeness (QED) is 0.630. The number of carbonyl (C=O) groups excluding carboxylic acids is 2. The maximum atomic E-state index is 14.6. The van der Waals surface area contributed by atoms with Gasteiger partial charge in [-0.05, 0) is 67.9 Å². The molecule has 2 amide bonds. The summed E-state index contributed by atoms with van der Waals surface area (Å²) in [6.45, 7) is 6.95. The van der Waals surface area contributed by atoms with E-state index in [0.717, 1.165) is 62.9 Å². The number of carbonyl (C=O) groups is 2. The molecular weight excluding hydrogens is 441 g/mol. The molecule has 5 rings (SSSR count). The normalized spacial score (nSPS) is 25.0. The van der Waals surface area contributed by atoms with Gasteiger partial charge in [-0.3, -0.25) is 14.5 Å². The van der Waals surface area contributed by atoms with Crippen molar-refractivity contribution < 1.29 is 14.0 Å². The molecule has 1 aliphatic heterocycles. The first-order valence-corrected chi connectivity index (χ1v) is 13.1. The second-order valence-electron chi connectivity index (χ2n) is 10.7. The zero-order valence-corrected chi connectivity index (χ0v) is 20.8. The van der Waals surface area contributed by atoms with Crippen LogP contribution in [-0.2, 0) is 16.1 Å². The van der Waals surface area contributed by atoms with Crippen LogP contribution in [0.5, 0.6) is 0 Å². The fraction of sp³-hybridized carbons (Fsp3) is 0.517.